The molecule has 304 valence electrons. The molecule has 3 fully saturated rings. The molecule has 1 saturated heterocycles. The molecule has 2 aliphatic carbocycles. The largest absolute Gasteiger partial charge is 0.344 e. The molecule has 2 heterocycles. The molecule has 1 aromatic carbocycles. The van der Waals surface area contributed by atoms with Crippen molar-refractivity contribution in [2.24, 2.45) is 35.0 Å². The van der Waals surface area contributed by atoms with Gasteiger partial charge in [-0.2, -0.15) is 0 Å². The van der Waals surface area contributed by atoms with Gasteiger partial charge in [0.25, 0.3) is 5.92 Å². The highest BCUT2D eigenvalue weighted by atomic mass is 19.3. The number of fused-ring (bicyclic) bond motifs is 1. The summed E-state index contributed by atoms with van der Waals surface area (Å²) in [5.74, 6) is -10.5. The molecular formula is C44H58F2N4O6. The van der Waals surface area contributed by atoms with Crippen LogP contribution in [0, 0.1) is 35.0 Å². The molecule has 1 aliphatic heterocycles. The van der Waals surface area contributed by atoms with E-state index in [0.29, 0.717) is 6.42 Å². The summed E-state index contributed by atoms with van der Waals surface area (Å²) in [6.07, 6.45) is 8.44. The average molecular weight is 777 g/mol. The van der Waals surface area contributed by atoms with Crippen LogP contribution in [0.25, 0.3) is 0 Å². The first kappa shape index (κ1) is 42.9. The minimum Gasteiger partial charge on any atom is -0.344 e. The Kier molecular flexibility index (Phi) is 14.1. The molecule has 10 nitrogen and oxygen atoms in total. The monoisotopic (exact) mass is 776 g/mol. The Bertz CT molecular complexity index is 1730. The molecule has 2 saturated carbocycles. The van der Waals surface area contributed by atoms with Crippen molar-refractivity contribution >= 4 is 34.9 Å². The van der Waals surface area contributed by atoms with Crippen LogP contribution < -0.4 is 5.32 Å². The van der Waals surface area contributed by atoms with Gasteiger partial charge in [0.2, 0.25) is 17.6 Å². The lowest BCUT2D eigenvalue weighted by molar-refractivity contribution is -0.146. The van der Waals surface area contributed by atoms with Crippen LogP contribution in [0.4, 0.5) is 8.78 Å². The van der Waals surface area contributed by atoms with Crippen molar-refractivity contribution in [1.29, 1.82) is 0 Å². The number of carbonyl (C=O) groups is 6. The van der Waals surface area contributed by atoms with Gasteiger partial charge in [0.1, 0.15) is 11.7 Å². The number of halogens is 2. The summed E-state index contributed by atoms with van der Waals surface area (Å²) < 4.78 is 30.8. The van der Waals surface area contributed by atoms with Crippen LogP contribution in [0.5, 0.6) is 0 Å². The fraction of sp³-hybridized carbons (Fsp3) is 0.636. The molecule has 0 radical (unpaired) electrons. The van der Waals surface area contributed by atoms with Gasteiger partial charge in [0, 0.05) is 62.4 Å². The summed E-state index contributed by atoms with van der Waals surface area (Å²) in [5.41, 5.74) is 0.144. The number of rotatable bonds is 17. The smallest absolute Gasteiger partial charge is 0.253 e. The third kappa shape index (κ3) is 10.0. The molecule has 0 spiro atoms. The molecule has 2 amide bonds. The quantitative estimate of drug-likeness (QED) is 0.130. The fourth-order valence-corrected chi connectivity index (χ4v) is 9.27. The Morgan fingerprint density at radius 2 is 1.64 bits per heavy atom. The van der Waals surface area contributed by atoms with Crippen LogP contribution in [0.3, 0.4) is 0 Å². The van der Waals surface area contributed by atoms with E-state index in [1.54, 1.807) is 20.8 Å². The highest BCUT2D eigenvalue weighted by molar-refractivity contribution is 6.38. The Morgan fingerprint density at radius 3 is 2.27 bits per heavy atom. The number of alkyl halides is 2. The minimum atomic E-state index is -3.10. The van der Waals surface area contributed by atoms with Gasteiger partial charge < -0.3 is 10.2 Å². The number of ketones is 4. The van der Waals surface area contributed by atoms with Gasteiger partial charge in [-0.15, -0.1) is 0 Å². The van der Waals surface area contributed by atoms with Crippen LogP contribution in [-0.4, -0.2) is 74.4 Å². The van der Waals surface area contributed by atoms with Gasteiger partial charge in [-0.05, 0) is 54.4 Å². The first-order valence-electron chi connectivity index (χ1n) is 20.5. The lowest BCUT2D eigenvalue weighted by atomic mass is 9.76. The van der Waals surface area contributed by atoms with E-state index < -0.39 is 82.7 Å². The molecule has 1 aromatic heterocycles. The van der Waals surface area contributed by atoms with E-state index in [-0.39, 0.29) is 62.0 Å². The first-order chi connectivity index (χ1) is 26.5. The number of hydrogen-bond donors (Lipinski definition) is 1. The molecule has 1 unspecified atom stereocenters. The lowest BCUT2D eigenvalue weighted by Gasteiger charge is -2.38. The zero-order valence-electron chi connectivity index (χ0n) is 33.5. The minimum absolute atomic E-state index is 0.0263. The van der Waals surface area contributed by atoms with E-state index in [1.807, 2.05) is 44.2 Å². The summed E-state index contributed by atoms with van der Waals surface area (Å²) in [6, 6.07) is 6.92. The second kappa shape index (κ2) is 18.4. The number of nitrogens with zero attached hydrogens (tertiary/aromatic N) is 3. The van der Waals surface area contributed by atoms with Crippen LogP contribution in [0.1, 0.15) is 134 Å². The third-order valence-corrected chi connectivity index (χ3v) is 12.4. The number of amides is 2. The maximum atomic E-state index is 15.4. The third-order valence-electron chi connectivity index (χ3n) is 12.4. The lowest BCUT2D eigenvalue weighted by Crippen LogP contribution is -2.58. The maximum absolute atomic E-state index is 15.4. The van der Waals surface area contributed by atoms with Gasteiger partial charge in [-0.1, -0.05) is 90.6 Å². The van der Waals surface area contributed by atoms with Gasteiger partial charge in [-0.25, -0.2) is 13.8 Å². The van der Waals surface area contributed by atoms with Crippen LogP contribution in [0.2, 0.25) is 0 Å². The van der Waals surface area contributed by atoms with Crippen molar-refractivity contribution in [3.8, 4) is 0 Å². The number of Topliss-reactive ketones (excluding diaryl/α,β-unsaturated/α-hetero) is 4. The van der Waals surface area contributed by atoms with Crippen LogP contribution in [-0.2, 0) is 24.0 Å². The number of aromatic nitrogens is 2. The first-order valence-corrected chi connectivity index (χ1v) is 20.5. The molecule has 0 bridgehead atoms. The predicted octanol–water partition coefficient (Wildman–Crippen LogP) is 7.36. The van der Waals surface area contributed by atoms with Crippen molar-refractivity contribution in [3.63, 3.8) is 0 Å². The van der Waals surface area contributed by atoms with E-state index in [9.17, 15) is 28.8 Å². The second-order valence-corrected chi connectivity index (χ2v) is 17.5. The number of benzene rings is 1. The molecular weight excluding hydrogens is 719 g/mol. The normalized spacial score (nSPS) is 23.1. The molecule has 1 N–H and O–H groups in total. The molecule has 12 heteroatoms. The molecule has 5 rings (SSSR count). The molecule has 56 heavy (non-hydrogen) atoms. The van der Waals surface area contributed by atoms with Crippen molar-refractivity contribution in [2.45, 2.75) is 136 Å². The van der Waals surface area contributed by atoms with E-state index in [4.69, 9.17) is 0 Å². The zero-order chi connectivity index (χ0) is 40.8. The zero-order valence-corrected chi connectivity index (χ0v) is 33.5. The van der Waals surface area contributed by atoms with Gasteiger partial charge >= 0.3 is 0 Å². The van der Waals surface area contributed by atoms with E-state index in [2.05, 4.69) is 15.3 Å². The fourth-order valence-electron chi connectivity index (χ4n) is 9.27. The van der Waals surface area contributed by atoms with E-state index in [1.165, 1.54) is 23.5 Å². The van der Waals surface area contributed by atoms with Gasteiger partial charge in [0.05, 0.1) is 12.2 Å². The molecule has 7 atom stereocenters. The SMILES string of the molecule is CCC[C@@H](CC(=O)[C@@H]1[C@H]2CCC(F)(F)C2CN1C(=O)[C@@H](NC(=O)[C@H](CC(=O)c1cnccn1)C1CCCCC1)C(C)(C)C)C(=O)C(=O)C[C@H](C)c1ccccc1. The predicted molar refractivity (Wildman–Crippen MR) is 207 cm³/mol. The van der Waals surface area contributed by atoms with Crippen molar-refractivity contribution < 1.29 is 37.5 Å². The van der Waals surface area contributed by atoms with Crippen LogP contribution in [0.15, 0.2) is 48.9 Å². The Labute approximate surface area is 329 Å². The van der Waals surface area contributed by atoms with Gasteiger partial charge in [0.15, 0.2) is 17.3 Å². The molecule has 3 aliphatic rings. The highest BCUT2D eigenvalue weighted by Crippen LogP contribution is 2.52. The van der Waals surface area contributed by atoms with E-state index in [0.717, 1.165) is 37.7 Å². The molecule has 2 aromatic rings. The Morgan fingerprint density at radius 1 is 0.946 bits per heavy atom. The average Bonchev–Trinajstić information content (AvgIpc) is 3.72. The number of carbonyl (C=O) groups excluding carboxylic acids is 6. The Balaban J connectivity index is 1.38. The number of hydrogen-bond acceptors (Lipinski definition) is 8. The van der Waals surface area contributed by atoms with Crippen molar-refractivity contribution in [3.05, 3.63) is 60.2 Å². The van der Waals surface area contributed by atoms with E-state index >= 15 is 8.78 Å². The summed E-state index contributed by atoms with van der Waals surface area (Å²) in [5, 5.41) is 2.94. The summed E-state index contributed by atoms with van der Waals surface area (Å²) in [6.45, 7) is 8.62. The summed E-state index contributed by atoms with van der Waals surface area (Å²) in [7, 11) is 0. The van der Waals surface area contributed by atoms with Gasteiger partial charge in [-0.3, -0.25) is 33.8 Å². The van der Waals surface area contributed by atoms with Crippen molar-refractivity contribution in [2.75, 3.05) is 6.54 Å². The summed E-state index contributed by atoms with van der Waals surface area (Å²) >= 11 is 0. The topological polar surface area (TPSA) is 143 Å². The number of likely N-dealkylation sites (tertiary alicyclic amines) is 1. The van der Waals surface area contributed by atoms with Crippen molar-refractivity contribution in [1.82, 2.24) is 20.2 Å². The maximum Gasteiger partial charge on any atom is 0.253 e. The second-order valence-electron chi connectivity index (χ2n) is 17.5. The summed E-state index contributed by atoms with van der Waals surface area (Å²) in [4.78, 5) is 93.1. The number of nitrogens with one attached hydrogen (secondary N) is 1. The Hall–Kier alpha value is -4.22. The highest BCUT2D eigenvalue weighted by Gasteiger charge is 2.61. The standard InChI is InChI=1S/C44H58F2N4O6/c1-6-13-30(39(54)37(53)22-27(2)28-14-9-7-10-15-28)23-36(52)38-31-18-19-44(45,46)33(31)26-50(38)42(56)40(43(3,4)5)49-41(55)32(29-16-11-8-12-17-29)24-35(51)34-25-47-20-21-48-34/h7,9-10,14-15,20-21,25,27,29-33,38,40H,6,8,11-13,16-19,22-24,26H2,1-5H3,(H,49,55)/t27-,30-,31-,32+,33?,38-,40+/m0/s1. The van der Waals surface area contributed by atoms with Crippen LogP contribution >= 0.6 is 0 Å².